The van der Waals surface area contributed by atoms with Crippen molar-refractivity contribution in [3.8, 4) is 0 Å². The van der Waals surface area contributed by atoms with Crippen LogP contribution in [0, 0.1) is 0 Å². The number of sulfone groups is 1. The van der Waals surface area contributed by atoms with Gasteiger partial charge in [0.2, 0.25) is 5.91 Å². The summed E-state index contributed by atoms with van der Waals surface area (Å²) in [6.07, 6.45) is 0. The number of nitrogens with one attached hydrogen (secondary N) is 1. The summed E-state index contributed by atoms with van der Waals surface area (Å²) in [7, 11) is -3.64. The van der Waals surface area contributed by atoms with Crippen molar-refractivity contribution in [2.45, 2.75) is 19.2 Å². The Balaban J connectivity index is 2.66. The zero-order valence-corrected chi connectivity index (χ0v) is 11.2. The molecule has 0 aliphatic rings. The van der Waals surface area contributed by atoms with Gasteiger partial charge < -0.3 is 10.4 Å². The van der Waals surface area contributed by atoms with Crippen LogP contribution in [0.2, 0.25) is 0 Å². The second-order valence-electron chi connectivity index (χ2n) is 4.15. The fourth-order valence-electron chi connectivity index (χ4n) is 1.47. The van der Waals surface area contributed by atoms with E-state index in [0.717, 1.165) is 5.56 Å². The van der Waals surface area contributed by atoms with Crippen LogP contribution >= 0.6 is 0 Å². The molecular formula is C12H15NO5S. The second-order valence-corrected chi connectivity index (χ2v) is 6.22. The number of hydrogen-bond acceptors (Lipinski definition) is 4. The lowest BCUT2D eigenvalue weighted by Crippen LogP contribution is -2.19. The molecule has 19 heavy (non-hydrogen) atoms. The zero-order valence-electron chi connectivity index (χ0n) is 10.4. The molecule has 0 fully saturated rings. The van der Waals surface area contributed by atoms with E-state index in [1.165, 1.54) is 6.92 Å². The summed E-state index contributed by atoms with van der Waals surface area (Å²) in [6, 6.07) is 6.61. The van der Waals surface area contributed by atoms with Gasteiger partial charge in [-0.25, -0.2) is 8.42 Å². The molecule has 104 valence electrons. The molecule has 0 radical (unpaired) electrons. The van der Waals surface area contributed by atoms with Crippen molar-refractivity contribution in [3.63, 3.8) is 0 Å². The molecule has 0 saturated carbocycles. The highest BCUT2D eigenvalue weighted by Crippen LogP contribution is 2.09. The third-order valence-corrected chi connectivity index (χ3v) is 3.75. The molecule has 0 aliphatic heterocycles. The van der Waals surface area contributed by atoms with E-state index >= 15 is 0 Å². The number of hydrogen-bond donors (Lipinski definition) is 2. The molecule has 1 rings (SSSR count). The third kappa shape index (κ3) is 6.01. The number of aliphatic carboxylic acids is 1. The summed E-state index contributed by atoms with van der Waals surface area (Å²) in [5, 5.41) is 11.1. The van der Waals surface area contributed by atoms with Gasteiger partial charge in [0.25, 0.3) is 0 Å². The van der Waals surface area contributed by atoms with Crippen LogP contribution in [0.15, 0.2) is 24.3 Å². The lowest BCUT2D eigenvalue weighted by atomic mass is 10.1. The van der Waals surface area contributed by atoms with Crippen LogP contribution in [-0.2, 0) is 31.7 Å². The highest BCUT2D eigenvalue weighted by molar-refractivity contribution is 7.91. The van der Waals surface area contributed by atoms with Gasteiger partial charge in [-0.3, -0.25) is 9.59 Å². The monoisotopic (exact) mass is 285 g/mol. The molecule has 2 N–H and O–H groups in total. The van der Waals surface area contributed by atoms with Gasteiger partial charge in [0.1, 0.15) is 5.75 Å². The first-order valence-electron chi connectivity index (χ1n) is 5.53. The van der Waals surface area contributed by atoms with Crippen LogP contribution in [0.1, 0.15) is 18.1 Å². The number of carboxylic acids is 1. The van der Waals surface area contributed by atoms with E-state index < -0.39 is 21.6 Å². The average Bonchev–Trinajstić information content (AvgIpc) is 2.25. The smallest absolute Gasteiger partial charge is 0.318 e. The maximum atomic E-state index is 11.5. The van der Waals surface area contributed by atoms with E-state index in [1.807, 2.05) is 0 Å². The largest absolute Gasteiger partial charge is 0.480 e. The molecule has 0 spiro atoms. The summed E-state index contributed by atoms with van der Waals surface area (Å²) in [6.45, 7) is 1.78. The van der Waals surface area contributed by atoms with Crippen molar-refractivity contribution in [2.75, 3.05) is 5.75 Å². The Morgan fingerprint density at radius 1 is 1.16 bits per heavy atom. The Morgan fingerprint density at radius 3 is 2.16 bits per heavy atom. The molecule has 1 aromatic rings. The number of amides is 1. The molecule has 0 saturated heterocycles. The number of benzene rings is 1. The molecule has 1 aromatic carbocycles. The first kappa shape index (κ1) is 15.2. The van der Waals surface area contributed by atoms with Crippen LogP contribution in [0.3, 0.4) is 0 Å². The fourth-order valence-corrected chi connectivity index (χ4v) is 2.65. The Kier molecular flexibility index (Phi) is 5.05. The highest BCUT2D eigenvalue weighted by atomic mass is 32.2. The van der Waals surface area contributed by atoms with Crippen molar-refractivity contribution in [3.05, 3.63) is 35.4 Å². The van der Waals surface area contributed by atoms with E-state index in [1.54, 1.807) is 24.3 Å². The predicted octanol–water partition coefficient (Wildman–Crippen LogP) is 0.322. The summed E-state index contributed by atoms with van der Waals surface area (Å²) < 4.78 is 22.9. The summed E-state index contributed by atoms with van der Waals surface area (Å²) in [5.41, 5.74) is 1.36. The Bertz CT molecular complexity index is 562. The lowest BCUT2D eigenvalue weighted by Gasteiger charge is -2.05. The third-order valence-electron chi connectivity index (χ3n) is 2.29. The summed E-state index contributed by atoms with van der Waals surface area (Å²) >= 11 is 0. The van der Waals surface area contributed by atoms with Crippen molar-refractivity contribution < 1.29 is 23.1 Å². The lowest BCUT2D eigenvalue weighted by molar-refractivity contribution is -0.134. The van der Waals surface area contributed by atoms with Gasteiger partial charge in [-0.2, -0.15) is 0 Å². The summed E-state index contributed by atoms with van der Waals surface area (Å²) in [5.74, 6) is -2.68. The maximum Gasteiger partial charge on any atom is 0.318 e. The van der Waals surface area contributed by atoms with E-state index in [4.69, 9.17) is 5.11 Å². The average molecular weight is 285 g/mol. The van der Waals surface area contributed by atoms with Crippen molar-refractivity contribution in [1.29, 1.82) is 0 Å². The van der Waals surface area contributed by atoms with Gasteiger partial charge >= 0.3 is 5.97 Å². The number of carbonyl (C=O) groups excluding carboxylic acids is 1. The van der Waals surface area contributed by atoms with Gasteiger partial charge in [-0.05, 0) is 11.1 Å². The van der Waals surface area contributed by atoms with E-state index in [-0.39, 0.29) is 11.7 Å². The quantitative estimate of drug-likeness (QED) is 0.784. The van der Waals surface area contributed by atoms with Gasteiger partial charge in [0.15, 0.2) is 9.84 Å². The molecule has 7 heteroatoms. The molecular weight excluding hydrogens is 270 g/mol. The van der Waals surface area contributed by atoms with E-state index in [9.17, 15) is 18.0 Å². The number of rotatable bonds is 6. The van der Waals surface area contributed by atoms with Crippen LogP contribution in [0.5, 0.6) is 0 Å². The maximum absolute atomic E-state index is 11.5. The minimum atomic E-state index is -3.64. The molecule has 0 aromatic heterocycles. The SMILES string of the molecule is CC(=O)NCc1ccc(CS(=O)(=O)CC(=O)O)cc1. The molecule has 0 unspecified atom stereocenters. The van der Waals surface area contributed by atoms with Crippen molar-refractivity contribution in [2.24, 2.45) is 0 Å². The molecule has 0 heterocycles. The number of carboxylic acid groups (broad SMARTS) is 1. The molecule has 0 atom stereocenters. The fraction of sp³-hybridized carbons (Fsp3) is 0.333. The van der Waals surface area contributed by atoms with Gasteiger partial charge in [-0.1, -0.05) is 24.3 Å². The van der Waals surface area contributed by atoms with Crippen molar-refractivity contribution >= 4 is 21.7 Å². The first-order valence-corrected chi connectivity index (χ1v) is 7.35. The first-order chi connectivity index (χ1) is 8.78. The van der Waals surface area contributed by atoms with Gasteiger partial charge in [-0.15, -0.1) is 0 Å². The second kappa shape index (κ2) is 6.33. The van der Waals surface area contributed by atoms with Crippen LogP contribution < -0.4 is 5.32 Å². The van der Waals surface area contributed by atoms with Crippen LogP contribution in [-0.4, -0.2) is 31.2 Å². The highest BCUT2D eigenvalue weighted by Gasteiger charge is 2.16. The predicted molar refractivity (Wildman–Crippen MR) is 69.1 cm³/mol. The minimum Gasteiger partial charge on any atom is -0.480 e. The normalized spacial score (nSPS) is 11.0. The van der Waals surface area contributed by atoms with Crippen LogP contribution in [0.4, 0.5) is 0 Å². The van der Waals surface area contributed by atoms with Crippen LogP contribution in [0.25, 0.3) is 0 Å². The van der Waals surface area contributed by atoms with Crippen molar-refractivity contribution in [1.82, 2.24) is 5.32 Å². The Labute approximate surface area is 111 Å². The Morgan fingerprint density at radius 2 is 1.68 bits per heavy atom. The molecule has 1 amide bonds. The van der Waals surface area contributed by atoms with Gasteiger partial charge in [0.05, 0.1) is 5.75 Å². The molecule has 6 nitrogen and oxygen atoms in total. The van der Waals surface area contributed by atoms with E-state index in [2.05, 4.69) is 5.32 Å². The summed E-state index contributed by atoms with van der Waals surface area (Å²) in [4.78, 5) is 21.1. The number of carbonyl (C=O) groups is 2. The topological polar surface area (TPSA) is 101 Å². The van der Waals surface area contributed by atoms with Gasteiger partial charge in [0, 0.05) is 13.5 Å². The minimum absolute atomic E-state index is 0.145. The van der Waals surface area contributed by atoms with E-state index in [0.29, 0.717) is 12.1 Å². The Hall–Kier alpha value is -1.89. The molecule has 0 aliphatic carbocycles. The zero-order chi connectivity index (χ0) is 14.5. The molecule has 0 bridgehead atoms. The standard InChI is InChI=1S/C12H15NO5S/c1-9(14)13-6-10-2-4-11(5-3-10)7-19(17,18)8-12(15)16/h2-5H,6-8H2,1H3,(H,13,14)(H,15,16).